The molecule has 1 aromatic carbocycles. The number of carbonyl (C=O) groups excluding carboxylic acids is 2. The minimum atomic E-state index is -4.91. The zero-order chi connectivity index (χ0) is 28.4. The zero-order valence-electron chi connectivity index (χ0n) is 21.7. The SMILES string of the molecule is CN1CCN(c2cc(F)c(-c3ccnc(N4CCOCC4)c3)cc2NC(=O)C2C=NC(=O)C=C2C(F)(F)F)CC1. The van der Waals surface area contributed by atoms with Crippen LogP contribution < -0.4 is 15.1 Å². The normalized spacial score (nSPS) is 20.5. The molecule has 1 atom stereocenters. The number of morpholine rings is 1. The van der Waals surface area contributed by atoms with Crippen LogP contribution in [0.1, 0.15) is 0 Å². The van der Waals surface area contributed by atoms with Crippen molar-refractivity contribution in [2.75, 3.05) is 74.6 Å². The van der Waals surface area contributed by atoms with Crippen molar-refractivity contribution < 1.29 is 31.9 Å². The largest absolute Gasteiger partial charge is 0.414 e. The molecule has 3 aliphatic heterocycles. The molecular weight excluding hydrogens is 532 g/mol. The molecule has 3 aliphatic rings. The Bertz CT molecular complexity index is 1350. The maximum atomic E-state index is 15.7. The Morgan fingerprint density at radius 3 is 2.48 bits per heavy atom. The molecule has 2 saturated heterocycles. The molecule has 212 valence electrons. The smallest absolute Gasteiger partial charge is 0.378 e. The van der Waals surface area contributed by atoms with E-state index in [4.69, 9.17) is 4.74 Å². The summed E-state index contributed by atoms with van der Waals surface area (Å²) < 4.78 is 62.0. The van der Waals surface area contributed by atoms with Crippen LogP contribution in [-0.2, 0) is 14.3 Å². The summed E-state index contributed by atoms with van der Waals surface area (Å²) in [5.41, 5.74) is -0.147. The second kappa shape index (κ2) is 11.3. The summed E-state index contributed by atoms with van der Waals surface area (Å²) in [6.45, 7) is 4.77. The van der Waals surface area contributed by atoms with E-state index in [9.17, 15) is 22.8 Å². The van der Waals surface area contributed by atoms with Crippen LogP contribution in [0.2, 0.25) is 0 Å². The van der Waals surface area contributed by atoms with Crippen LogP contribution in [0.3, 0.4) is 0 Å². The number of hydrogen-bond donors (Lipinski definition) is 1. The third kappa shape index (κ3) is 5.99. The number of carbonyl (C=O) groups is 2. The molecule has 1 aromatic heterocycles. The lowest BCUT2D eigenvalue weighted by Crippen LogP contribution is -2.45. The first-order valence-electron chi connectivity index (χ1n) is 12.8. The maximum Gasteiger partial charge on any atom is 0.414 e. The highest BCUT2D eigenvalue weighted by Crippen LogP contribution is 2.38. The standard InChI is InChI=1S/C27H28F4N6O3/c1-35-4-6-36(7-5-35)23-15-21(28)18(17-2-3-32-24(12-17)37-8-10-40-11-9-37)13-22(23)34-26(39)19-16-33-25(38)14-20(19)27(29,30)31/h2-3,12-16,19H,4-11H2,1H3,(H,34,39). The van der Waals surface area contributed by atoms with Crippen molar-refractivity contribution in [3.05, 3.63) is 47.9 Å². The number of pyridine rings is 1. The van der Waals surface area contributed by atoms with Gasteiger partial charge in [0.2, 0.25) is 5.91 Å². The van der Waals surface area contributed by atoms with Gasteiger partial charge in [0.25, 0.3) is 5.91 Å². The highest BCUT2D eigenvalue weighted by molar-refractivity contribution is 6.11. The molecular formula is C27H28F4N6O3. The van der Waals surface area contributed by atoms with Gasteiger partial charge in [-0.1, -0.05) is 0 Å². The summed E-state index contributed by atoms with van der Waals surface area (Å²) in [7, 11) is 1.95. The summed E-state index contributed by atoms with van der Waals surface area (Å²) in [4.78, 5) is 38.5. The lowest BCUT2D eigenvalue weighted by molar-refractivity contribution is -0.124. The number of benzene rings is 1. The monoisotopic (exact) mass is 560 g/mol. The van der Waals surface area contributed by atoms with Crippen LogP contribution in [0, 0.1) is 11.7 Å². The fourth-order valence-electron chi connectivity index (χ4n) is 4.91. The third-order valence-electron chi connectivity index (χ3n) is 7.15. The van der Waals surface area contributed by atoms with Gasteiger partial charge in [0.05, 0.1) is 30.2 Å². The van der Waals surface area contributed by atoms with Crippen molar-refractivity contribution in [2.24, 2.45) is 10.9 Å². The molecule has 2 fully saturated rings. The van der Waals surface area contributed by atoms with Gasteiger partial charge in [-0.2, -0.15) is 13.2 Å². The average Bonchev–Trinajstić information content (AvgIpc) is 2.94. The Kier molecular flexibility index (Phi) is 7.86. The van der Waals surface area contributed by atoms with E-state index in [2.05, 4.69) is 20.2 Å². The van der Waals surface area contributed by atoms with Crippen LogP contribution in [0.25, 0.3) is 11.1 Å². The molecule has 0 saturated carbocycles. The zero-order valence-corrected chi connectivity index (χ0v) is 21.7. The van der Waals surface area contributed by atoms with Gasteiger partial charge in [0.1, 0.15) is 17.6 Å². The number of dihydropyridines is 1. The minimum Gasteiger partial charge on any atom is -0.378 e. The number of amides is 2. The average molecular weight is 561 g/mol. The van der Waals surface area contributed by atoms with Gasteiger partial charge in [0.15, 0.2) is 0 Å². The van der Waals surface area contributed by atoms with Crippen molar-refractivity contribution in [1.29, 1.82) is 0 Å². The summed E-state index contributed by atoms with van der Waals surface area (Å²) in [6.07, 6.45) is -2.34. The number of rotatable bonds is 5. The Morgan fingerprint density at radius 1 is 1.05 bits per heavy atom. The molecule has 40 heavy (non-hydrogen) atoms. The Morgan fingerprint density at radius 2 is 1.77 bits per heavy atom. The summed E-state index contributed by atoms with van der Waals surface area (Å²) >= 11 is 0. The van der Waals surface area contributed by atoms with E-state index < -0.39 is 35.3 Å². The van der Waals surface area contributed by atoms with Crippen molar-refractivity contribution >= 4 is 35.2 Å². The molecule has 2 amide bonds. The van der Waals surface area contributed by atoms with E-state index in [0.717, 1.165) is 0 Å². The first-order valence-corrected chi connectivity index (χ1v) is 12.8. The highest BCUT2D eigenvalue weighted by atomic mass is 19.4. The number of nitrogens with one attached hydrogen (secondary N) is 1. The fraction of sp³-hybridized carbons (Fsp3) is 0.407. The number of likely N-dealkylation sites (N-methyl/N-ethyl adjacent to an activating group) is 1. The van der Waals surface area contributed by atoms with E-state index in [0.29, 0.717) is 81.8 Å². The molecule has 0 aliphatic carbocycles. The first-order chi connectivity index (χ1) is 19.1. The molecule has 0 bridgehead atoms. The highest BCUT2D eigenvalue weighted by Gasteiger charge is 2.43. The van der Waals surface area contributed by atoms with E-state index >= 15 is 4.39 Å². The van der Waals surface area contributed by atoms with E-state index in [1.807, 2.05) is 16.8 Å². The third-order valence-corrected chi connectivity index (χ3v) is 7.15. The number of piperazine rings is 1. The second-order valence-corrected chi connectivity index (χ2v) is 9.82. The number of alkyl halides is 3. The van der Waals surface area contributed by atoms with E-state index in [-0.39, 0.29) is 11.3 Å². The number of aliphatic imine (C=N–C) groups is 1. The van der Waals surface area contributed by atoms with Crippen LogP contribution >= 0.6 is 0 Å². The number of anilines is 3. The Hall–Kier alpha value is -3.84. The molecule has 0 spiro atoms. The lowest BCUT2D eigenvalue weighted by Gasteiger charge is -2.35. The van der Waals surface area contributed by atoms with Crippen molar-refractivity contribution in [3.63, 3.8) is 0 Å². The number of aromatic nitrogens is 1. The van der Waals surface area contributed by atoms with Crippen molar-refractivity contribution in [2.45, 2.75) is 6.18 Å². The minimum absolute atomic E-state index is 0.155. The number of ether oxygens (including phenoxy) is 1. The van der Waals surface area contributed by atoms with E-state index in [1.165, 1.54) is 12.1 Å². The summed E-state index contributed by atoms with van der Waals surface area (Å²) in [5, 5.41) is 2.57. The van der Waals surface area contributed by atoms with Gasteiger partial charge in [-0.3, -0.25) is 9.59 Å². The quantitative estimate of drug-likeness (QED) is 0.562. The van der Waals surface area contributed by atoms with Gasteiger partial charge >= 0.3 is 6.18 Å². The molecule has 1 N–H and O–H groups in total. The van der Waals surface area contributed by atoms with Gasteiger partial charge in [-0.05, 0) is 36.9 Å². The van der Waals surface area contributed by atoms with Crippen molar-refractivity contribution in [3.8, 4) is 11.1 Å². The molecule has 9 nitrogen and oxygen atoms in total. The molecule has 1 unspecified atom stereocenters. The maximum absolute atomic E-state index is 15.7. The number of hydrogen-bond acceptors (Lipinski definition) is 7. The van der Waals surface area contributed by atoms with Crippen LogP contribution in [0.15, 0.2) is 47.1 Å². The molecule has 2 aromatic rings. The predicted octanol–water partition coefficient (Wildman–Crippen LogP) is 3.13. The number of halogens is 4. The summed E-state index contributed by atoms with van der Waals surface area (Å²) in [6, 6.07) is 6.09. The Labute approximate surface area is 228 Å². The van der Waals surface area contributed by atoms with Crippen LogP contribution in [0.5, 0.6) is 0 Å². The van der Waals surface area contributed by atoms with Gasteiger partial charge < -0.3 is 24.8 Å². The fourth-order valence-corrected chi connectivity index (χ4v) is 4.91. The van der Waals surface area contributed by atoms with E-state index in [1.54, 1.807) is 18.3 Å². The topological polar surface area (TPSA) is 90.4 Å². The van der Waals surface area contributed by atoms with Gasteiger partial charge in [-0.15, -0.1) is 0 Å². The molecule has 13 heteroatoms. The lowest BCUT2D eigenvalue weighted by atomic mass is 9.95. The van der Waals surface area contributed by atoms with Crippen molar-refractivity contribution in [1.82, 2.24) is 9.88 Å². The summed E-state index contributed by atoms with van der Waals surface area (Å²) in [5.74, 6) is -3.87. The second-order valence-electron chi connectivity index (χ2n) is 9.82. The Balaban J connectivity index is 1.52. The molecule has 0 radical (unpaired) electrons. The van der Waals surface area contributed by atoms with Gasteiger partial charge in [-0.25, -0.2) is 14.4 Å². The molecule has 4 heterocycles. The number of nitrogens with zero attached hydrogens (tertiary/aromatic N) is 5. The predicted molar refractivity (Wildman–Crippen MR) is 142 cm³/mol. The first kappa shape index (κ1) is 27.7. The molecule has 5 rings (SSSR count). The van der Waals surface area contributed by atoms with Gasteiger partial charge in [0, 0.05) is 63.3 Å². The van der Waals surface area contributed by atoms with Crippen LogP contribution in [-0.4, -0.2) is 93.6 Å². The van der Waals surface area contributed by atoms with Crippen LogP contribution in [0.4, 0.5) is 34.8 Å².